The topological polar surface area (TPSA) is 38.2 Å². The van der Waals surface area contributed by atoms with Crippen LogP contribution in [-0.4, -0.2) is 30.2 Å². The minimum Gasteiger partial charge on any atom is -0.497 e. The molecule has 3 rings (SSSR count). The number of benzene rings is 1. The van der Waals surface area contributed by atoms with Gasteiger partial charge in [0.25, 0.3) is 0 Å². The molecule has 0 aliphatic heterocycles. The van der Waals surface area contributed by atoms with Gasteiger partial charge in [-0.15, -0.1) is 0 Å². The number of pyridine rings is 2. The predicted octanol–water partition coefficient (Wildman–Crippen LogP) is 3.78. The molecule has 0 bridgehead atoms. The summed E-state index contributed by atoms with van der Waals surface area (Å²) in [5.74, 6) is 0.873. The van der Waals surface area contributed by atoms with E-state index in [-0.39, 0.29) is 0 Å². The third-order valence-corrected chi connectivity index (χ3v) is 4.17. The van der Waals surface area contributed by atoms with Crippen molar-refractivity contribution in [2.24, 2.45) is 0 Å². The molecule has 2 heterocycles. The van der Waals surface area contributed by atoms with Crippen LogP contribution in [0.5, 0.6) is 5.75 Å². The van der Waals surface area contributed by atoms with E-state index in [1.165, 1.54) is 5.69 Å². The molecule has 0 saturated heterocycles. The van der Waals surface area contributed by atoms with Gasteiger partial charge in [-0.3, -0.25) is 9.97 Å². The molecule has 4 nitrogen and oxygen atoms in total. The second-order valence-corrected chi connectivity index (χ2v) is 5.83. The molecule has 2 aromatic heterocycles. The van der Waals surface area contributed by atoms with E-state index < -0.39 is 0 Å². The highest BCUT2D eigenvalue weighted by molar-refractivity contribution is 5.49. The third kappa shape index (κ3) is 5.05. The zero-order valence-electron chi connectivity index (χ0n) is 14.5. The van der Waals surface area contributed by atoms with Gasteiger partial charge in [-0.25, -0.2) is 0 Å². The molecule has 0 aliphatic carbocycles. The number of rotatable bonds is 8. The molecule has 1 aromatic carbocycles. The van der Waals surface area contributed by atoms with Crippen LogP contribution < -0.4 is 9.64 Å². The molecule has 0 amide bonds. The largest absolute Gasteiger partial charge is 0.497 e. The normalized spacial score (nSPS) is 10.4. The van der Waals surface area contributed by atoms with Gasteiger partial charge in [-0.1, -0.05) is 12.1 Å². The van der Waals surface area contributed by atoms with Crippen molar-refractivity contribution in [2.75, 3.05) is 25.1 Å². The van der Waals surface area contributed by atoms with Crippen molar-refractivity contribution in [1.29, 1.82) is 0 Å². The highest BCUT2D eigenvalue weighted by Crippen LogP contribution is 2.20. The molecule has 25 heavy (non-hydrogen) atoms. The molecule has 3 aromatic rings. The Kier molecular flexibility index (Phi) is 5.99. The summed E-state index contributed by atoms with van der Waals surface area (Å²) in [6.45, 7) is 1.83. The maximum Gasteiger partial charge on any atom is 0.119 e. The summed E-state index contributed by atoms with van der Waals surface area (Å²) in [5.41, 5.74) is 3.41. The van der Waals surface area contributed by atoms with Crippen molar-refractivity contribution >= 4 is 5.69 Å². The maximum absolute atomic E-state index is 5.27. The van der Waals surface area contributed by atoms with Crippen LogP contribution in [0.25, 0.3) is 0 Å². The number of hydrogen-bond donors (Lipinski definition) is 0. The Morgan fingerprint density at radius 2 is 1.32 bits per heavy atom. The van der Waals surface area contributed by atoms with Gasteiger partial charge in [0.1, 0.15) is 5.75 Å². The Labute approximate surface area is 149 Å². The van der Waals surface area contributed by atoms with Gasteiger partial charge in [0.05, 0.1) is 7.11 Å². The average molecular weight is 333 g/mol. The lowest BCUT2D eigenvalue weighted by Gasteiger charge is -2.25. The van der Waals surface area contributed by atoms with Crippen LogP contribution in [0.15, 0.2) is 73.1 Å². The molecular formula is C21H23N3O. The van der Waals surface area contributed by atoms with Crippen LogP contribution in [0, 0.1) is 0 Å². The highest BCUT2D eigenvalue weighted by atomic mass is 16.5. The van der Waals surface area contributed by atoms with Gasteiger partial charge in [-0.05, 0) is 48.5 Å². The first-order chi connectivity index (χ1) is 12.3. The third-order valence-electron chi connectivity index (χ3n) is 4.17. The van der Waals surface area contributed by atoms with Gasteiger partial charge in [0, 0.05) is 55.4 Å². The summed E-state index contributed by atoms with van der Waals surface area (Å²) in [5, 5.41) is 0. The molecule has 0 N–H and O–H groups in total. The molecule has 128 valence electrons. The number of anilines is 1. The van der Waals surface area contributed by atoms with E-state index in [1.54, 1.807) is 7.11 Å². The van der Waals surface area contributed by atoms with Gasteiger partial charge < -0.3 is 9.64 Å². The van der Waals surface area contributed by atoms with E-state index in [4.69, 9.17) is 4.74 Å². The first-order valence-electron chi connectivity index (χ1n) is 8.54. The second-order valence-electron chi connectivity index (χ2n) is 5.83. The molecule has 0 unspecified atom stereocenters. The van der Waals surface area contributed by atoms with Crippen molar-refractivity contribution in [3.63, 3.8) is 0 Å². The molecule has 0 radical (unpaired) electrons. The fourth-order valence-electron chi connectivity index (χ4n) is 2.75. The van der Waals surface area contributed by atoms with Crippen LogP contribution in [0.4, 0.5) is 5.69 Å². The fourth-order valence-corrected chi connectivity index (χ4v) is 2.75. The number of aromatic nitrogens is 2. The summed E-state index contributed by atoms with van der Waals surface area (Å²) in [6, 6.07) is 20.3. The summed E-state index contributed by atoms with van der Waals surface area (Å²) >= 11 is 0. The molecule has 0 fully saturated rings. The van der Waals surface area contributed by atoms with E-state index in [1.807, 2.05) is 48.8 Å². The first kappa shape index (κ1) is 17.0. The molecule has 4 heteroatoms. The standard InChI is InChI=1S/C21H23N3O/c1-25-21-10-8-20(9-11-21)24(16-12-18-6-2-4-14-22-18)17-13-19-7-3-5-15-23-19/h2-11,14-15H,12-13,16-17H2,1H3. The number of hydrogen-bond acceptors (Lipinski definition) is 4. The van der Waals surface area contributed by atoms with Crippen molar-refractivity contribution in [2.45, 2.75) is 12.8 Å². The van der Waals surface area contributed by atoms with Gasteiger partial charge in [-0.2, -0.15) is 0 Å². The minimum absolute atomic E-state index is 0.873. The summed E-state index contributed by atoms with van der Waals surface area (Å²) < 4.78 is 5.27. The average Bonchev–Trinajstić information content (AvgIpc) is 2.70. The Bertz CT molecular complexity index is 702. The smallest absolute Gasteiger partial charge is 0.119 e. The van der Waals surface area contributed by atoms with Crippen LogP contribution >= 0.6 is 0 Å². The minimum atomic E-state index is 0.873. The quantitative estimate of drug-likeness (QED) is 0.629. The second kappa shape index (κ2) is 8.83. The van der Waals surface area contributed by atoms with Crippen LogP contribution in [-0.2, 0) is 12.8 Å². The highest BCUT2D eigenvalue weighted by Gasteiger charge is 2.08. The zero-order chi connectivity index (χ0) is 17.3. The molecule has 0 atom stereocenters. The Balaban J connectivity index is 1.70. The van der Waals surface area contributed by atoms with Crippen molar-refractivity contribution in [3.8, 4) is 5.75 Å². The molecular weight excluding hydrogens is 310 g/mol. The Morgan fingerprint density at radius 1 is 0.760 bits per heavy atom. The molecule has 0 saturated carbocycles. The maximum atomic E-state index is 5.27. The lowest BCUT2D eigenvalue weighted by atomic mass is 10.2. The number of methoxy groups -OCH3 is 1. The molecule has 0 aliphatic rings. The fraction of sp³-hybridized carbons (Fsp3) is 0.238. The van der Waals surface area contributed by atoms with E-state index >= 15 is 0 Å². The van der Waals surface area contributed by atoms with E-state index in [9.17, 15) is 0 Å². The zero-order valence-corrected chi connectivity index (χ0v) is 14.5. The van der Waals surface area contributed by atoms with Crippen molar-refractivity contribution < 1.29 is 4.74 Å². The summed E-state index contributed by atoms with van der Waals surface area (Å²) in [7, 11) is 1.69. The van der Waals surface area contributed by atoms with E-state index in [2.05, 4.69) is 39.1 Å². The van der Waals surface area contributed by atoms with Crippen molar-refractivity contribution in [1.82, 2.24) is 9.97 Å². The molecule has 0 spiro atoms. The SMILES string of the molecule is COc1ccc(N(CCc2ccccn2)CCc2ccccn2)cc1. The lowest BCUT2D eigenvalue weighted by Crippen LogP contribution is -2.28. The first-order valence-corrected chi connectivity index (χ1v) is 8.54. The monoisotopic (exact) mass is 333 g/mol. The van der Waals surface area contributed by atoms with Gasteiger partial charge >= 0.3 is 0 Å². The Hall–Kier alpha value is -2.88. The predicted molar refractivity (Wildman–Crippen MR) is 101 cm³/mol. The van der Waals surface area contributed by atoms with Gasteiger partial charge in [0.2, 0.25) is 0 Å². The van der Waals surface area contributed by atoms with Gasteiger partial charge in [0.15, 0.2) is 0 Å². The number of ether oxygens (including phenoxy) is 1. The summed E-state index contributed by atoms with van der Waals surface area (Å²) in [4.78, 5) is 11.2. The lowest BCUT2D eigenvalue weighted by molar-refractivity contribution is 0.415. The van der Waals surface area contributed by atoms with Crippen LogP contribution in [0.3, 0.4) is 0 Å². The van der Waals surface area contributed by atoms with Crippen LogP contribution in [0.2, 0.25) is 0 Å². The number of nitrogens with zero attached hydrogens (tertiary/aromatic N) is 3. The Morgan fingerprint density at radius 3 is 1.76 bits per heavy atom. The summed E-state index contributed by atoms with van der Waals surface area (Å²) in [6.07, 6.45) is 5.52. The van der Waals surface area contributed by atoms with E-state index in [0.29, 0.717) is 0 Å². The van der Waals surface area contributed by atoms with Crippen LogP contribution in [0.1, 0.15) is 11.4 Å². The van der Waals surface area contributed by atoms with Crippen molar-refractivity contribution in [3.05, 3.63) is 84.4 Å². The van der Waals surface area contributed by atoms with E-state index in [0.717, 1.165) is 43.1 Å².